The molecule has 0 fully saturated rings. The maximum absolute atomic E-state index is 14.4. The van der Waals surface area contributed by atoms with Crippen LogP contribution in [0.15, 0.2) is 36.5 Å². The van der Waals surface area contributed by atoms with Crippen molar-refractivity contribution in [1.82, 2.24) is 9.88 Å². The van der Waals surface area contributed by atoms with Gasteiger partial charge in [0.1, 0.15) is 11.4 Å². The minimum absolute atomic E-state index is 0.252. The van der Waals surface area contributed by atoms with E-state index in [-0.39, 0.29) is 12.4 Å². The predicted molar refractivity (Wildman–Crippen MR) is 101 cm³/mol. The fraction of sp³-hybridized carbons (Fsp3) is 0.429. The summed E-state index contributed by atoms with van der Waals surface area (Å²) in [5.74, 6) is 0.112. The van der Waals surface area contributed by atoms with Crippen LogP contribution in [0.1, 0.15) is 39.2 Å². The van der Waals surface area contributed by atoms with Crippen LogP contribution < -0.4 is 4.74 Å². The van der Waals surface area contributed by atoms with Crippen LogP contribution in [-0.2, 0) is 11.3 Å². The third kappa shape index (κ3) is 4.76. The molecule has 0 radical (unpaired) electrons. The third-order valence-electron chi connectivity index (χ3n) is 4.24. The van der Waals surface area contributed by atoms with Crippen LogP contribution in [0.5, 0.6) is 5.88 Å². The summed E-state index contributed by atoms with van der Waals surface area (Å²) in [6.07, 6.45) is 2.81. The van der Waals surface area contributed by atoms with Gasteiger partial charge in [-0.05, 0) is 51.3 Å². The van der Waals surface area contributed by atoms with E-state index in [1.165, 1.54) is 6.07 Å². The van der Waals surface area contributed by atoms with Gasteiger partial charge in [-0.2, -0.15) is 0 Å². The Bertz CT molecular complexity index is 817. The van der Waals surface area contributed by atoms with Gasteiger partial charge in [-0.25, -0.2) is 14.2 Å². The second kappa shape index (κ2) is 7.94. The van der Waals surface area contributed by atoms with Gasteiger partial charge in [-0.3, -0.25) is 0 Å². The molecule has 0 spiro atoms. The lowest BCUT2D eigenvalue weighted by atomic mass is 10.0. The van der Waals surface area contributed by atoms with Crippen LogP contribution in [0.3, 0.4) is 0 Å². The zero-order valence-corrected chi connectivity index (χ0v) is 16.0. The van der Waals surface area contributed by atoms with E-state index in [4.69, 9.17) is 9.47 Å². The molecular formula is C21H25FN2O3. The molecular weight excluding hydrogens is 347 g/mol. The number of ether oxygens (including phenoxy) is 2. The van der Waals surface area contributed by atoms with E-state index in [0.717, 1.165) is 12.8 Å². The first-order valence-electron chi connectivity index (χ1n) is 9.18. The Balaban J connectivity index is 2.02. The van der Waals surface area contributed by atoms with E-state index in [2.05, 4.69) is 4.98 Å². The average molecular weight is 372 g/mol. The fourth-order valence-corrected chi connectivity index (χ4v) is 3.01. The topological polar surface area (TPSA) is 51.7 Å². The number of pyridine rings is 1. The first-order chi connectivity index (χ1) is 12.8. The van der Waals surface area contributed by atoms with Crippen molar-refractivity contribution in [3.05, 3.63) is 47.9 Å². The molecule has 5 nitrogen and oxygen atoms in total. The Morgan fingerprint density at radius 1 is 1.19 bits per heavy atom. The lowest BCUT2D eigenvalue weighted by Crippen LogP contribution is -2.37. The highest BCUT2D eigenvalue weighted by molar-refractivity contribution is 5.72. The number of halogens is 1. The van der Waals surface area contributed by atoms with Crippen molar-refractivity contribution in [2.75, 3.05) is 13.2 Å². The number of carbonyl (C=O) groups is 1. The summed E-state index contributed by atoms with van der Waals surface area (Å²) in [6, 6.07) is 8.33. The molecule has 0 bridgehead atoms. The van der Waals surface area contributed by atoms with Crippen molar-refractivity contribution in [3.8, 4) is 17.0 Å². The molecule has 27 heavy (non-hydrogen) atoms. The van der Waals surface area contributed by atoms with Crippen molar-refractivity contribution in [2.45, 2.75) is 45.8 Å². The third-order valence-corrected chi connectivity index (χ3v) is 4.24. The molecule has 0 atom stereocenters. The second-order valence-corrected chi connectivity index (χ2v) is 7.58. The minimum atomic E-state index is -0.585. The molecule has 0 saturated carbocycles. The molecule has 1 amide bonds. The van der Waals surface area contributed by atoms with E-state index in [1.54, 1.807) is 35.4 Å². The average Bonchev–Trinajstić information content (AvgIpc) is 2.70. The molecule has 2 heterocycles. The molecule has 1 aliphatic heterocycles. The first-order valence-corrected chi connectivity index (χ1v) is 9.18. The highest BCUT2D eigenvalue weighted by Gasteiger charge is 2.26. The molecule has 0 unspecified atom stereocenters. The van der Waals surface area contributed by atoms with Crippen molar-refractivity contribution in [2.24, 2.45) is 0 Å². The van der Waals surface area contributed by atoms with Crippen LogP contribution in [-0.4, -0.2) is 34.7 Å². The molecule has 0 saturated heterocycles. The van der Waals surface area contributed by atoms with E-state index >= 15 is 0 Å². The lowest BCUT2D eigenvalue weighted by Gasteiger charge is -2.28. The van der Waals surface area contributed by atoms with Crippen LogP contribution in [0.25, 0.3) is 11.1 Å². The van der Waals surface area contributed by atoms with E-state index in [9.17, 15) is 9.18 Å². The number of amides is 1. The van der Waals surface area contributed by atoms with Gasteiger partial charge in [0.05, 0.1) is 13.2 Å². The van der Waals surface area contributed by atoms with Gasteiger partial charge in [0.25, 0.3) is 0 Å². The summed E-state index contributed by atoms with van der Waals surface area (Å²) in [4.78, 5) is 18.7. The van der Waals surface area contributed by atoms with Gasteiger partial charge >= 0.3 is 6.09 Å². The van der Waals surface area contributed by atoms with Gasteiger partial charge in [0.15, 0.2) is 0 Å². The van der Waals surface area contributed by atoms with Gasteiger partial charge in [-0.15, -0.1) is 0 Å². The minimum Gasteiger partial charge on any atom is -0.477 e. The fourth-order valence-electron chi connectivity index (χ4n) is 3.01. The summed E-state index contributed by atoms with van der Waals surface area (Å²) < 4.78 is 25.8. The maximum Gasteiger partial charge on any atom is 0.410 e. The molecule has 6 heteroatoms. The Labute approximate surface area is 159 Å². The highest BCUT2D eigenvalue weighted by atomic mass is 19.1. The number of fused-ring (bicyclic) bond motifs is 1. The number of hydrogen-bond acceptors (Lipinski definition) is 4. The summed E-state index contributed by atoms with van der Waals surface area (Å²) >= 11 is 0. The number of carbonyl (C=O) groups excluding carboxylic acids is 1. The zero-order chi connectivity index (χ0) is 19.4. The van der Waals surface area contributed by atoms with Crippen molar-refractivity contribution in [1.29, 1.82) is 0 Å². The molecule has 0 aliphatic carbocycles. The summed E-state index contributed by atoms with van der Waals surface area (Å²) in [5, 5.41) is 0. The number of nitrogens with zero attached hydrogens (tertiary/aromatic N) is 2. The number of hydrogen-bond donors (Lipinski definition) is 0. The molecule has 1 aromatic heterocycles. The monoisotopic (exact) mass is 372 g/mol. The first kappa shape index (κ1) is 19.1. The molecule has 0 N–H and O–H groups in total. The lowest BCUT2D eigenvalue weighted by molar-refractivity contribution is 0.0232. The highest BCUT2D eigenvalue weighted by Crippen LogP contribution is 2.33. The Morgan fingerprint density at radius 3 is 2.70 bits per heavy atom. The maximum atomic E-state index is 14.4. The molecule has 1 aliphatic rings. The van der Waals surface area contributed by atoms with Crippen LogP contribution in [0, 0.1) is 5.82 Å². The van der Waals surface area contributed by atoms with E-state index in [0.29, 0.717) is 35.7 Å². The van der Waals surface area contributed by atoms with Crippen LogP contribution in [0.4, 0.5) is 9.18 Å². The molecule has 3 rings (SSSR count). The van der Waals surface area contributed by atoms with Crippen molar-refractivity contribution >= 4 is 6.09 Å². The van der Waals surface area contributed by atoms with Crippen LogP contribution >= 0.6 is 0 Å². The van der Waals surface area contributed by atoms with Gasteiger partial charge in [-0.1, -0.05) is 18.2 Å². The van der Waals surface area contributed by atoms with E-state index in [1.807, 2.05) is 20.8 Å². The van der Waals surface area contributed by atoms with Crippen LogP contribution in [0.2, 0.25) is 0 Å². The standard InChI is InChI=1S/C21H25FN2O3/c1-21(2,3)27-20(25)24-12-6-7-13-26-19-17(14-24)15(10-11-23-19)16-8-4-5-9-18(16)22/h4-5,8-11H,6-7,12-14H2,1-3H3. The van der Waals surface area contributed by atoms with E-state index < -0.39 is 11.7 Å². The molecule has 144 valence electrons. The second-order valence-electron chi connectivity index (χ2n) is 7.58. The SMILES string of the molecule is CC(C)(C)OC(=O)N1CCCCOc2nccc(-c3ccccc3F)c2C1. The van der Waals surface area contributed by atoms with Crippen molar-refractivity contribution < 1.29 is 18.7 Å². The largest absolute Gasteiger partial charge is 0.477 e. The molecule has 1 aromatic carbocycles. The van der Waals surface area contributed by atoms with Gasteiger partial charge < -0.3 is 14.4 Å². The number of benzene rings is 1. The predicted octanol–water partition coefficient (Wildman–Crippen LogP) is 4.80. The Morgan fingerprint density at radius 2 is 1.96 bits per heavy atom. The molecule has 2 aromatic rings. The summed E-state index contributed by atoms with van der Waals surface area (Å²) in [5.41, 5.74) is 1.24. The summed E-state index contributed by atoms with van der Waals surface area (Å²) in [6.45, 7) is 6.81. The summed E-state index contributed by atoms with van der Waals surface area (Å²) in [7, 11) is 0. The smallest absolute Gasteiger partial charge is 0.410 e. The number of rotatable bonds is 1. The quantitative estimate of drug-likeness (QED) is 0.722. The zero-order valence-electron chi connectivity index (χ0n) is 16.0. The van der Waals surface area contributed by atoms with Crippen molar-refractivity contribution in [3.63, 3.8) is 0 Å². The van der Waals surface area contributed by atoms with Gasteiger partial charge in [0, 0.05) is 23.9 Å². The number of aromatic nitrogens is 1. The Kier molecular flexibility index (Phi) is 5.63. The van der Waals surface area contributed by atoms with Gasteiger partial charge in [0.2, 0.25) is 5.88 Å². The normalized spacial score (nSPS) is 15.0. The Hall–Kier alpha value is -2.63.